The fourth-order valence-corrected chi connectivity index (χ4v) is 5.12. The van der Waals surface area contributed by atoms with Crippen molar-refractivity contribution < 1.29 is 38.1 Å². The van der Waals surface area contributed by atoms with Crippen LogP contribution in [0.15, 0.2) is 108 Å². The van der Waals surface area contributed by atoms with Gasteiger partial charge in [-0.05, 0) is 49.4 Å². The molecule has 1 saturated heterocycles. The minimum Gasteiger partial charge on any atom is -0.461 e. The van der Waals surface area contributed by atoms with Gasteiger partial charge in [-0.25, -0.2) is 19.2 Å². The van der Waals surface area contributed by atoms with Crippen LogP contribution in [0.5, 0.6) is 0 Å². The van der Waals surface area contributed by atoms with Crippen LogP contribution < -0.4 is 11.0 Å². The number of benzene rings is 3. The number of hydrogen-bond acceptors (Lipinski definition) is 10. The molecule has 1 amide bonds. The molecular formula is C34H31N3O9. The van der Waals surface area contributed by atoms with Crippen LogP contribution in [0, 0.1) is 5.41 Å². The van der Waals surface area contributed by atoms with Crippen molar-refractivity contribution in [2.24, 2.45) is 5.41 Å². The Kier molecular flexibility index (Phi) is 9.67. The predicted octanol–water partition coefficient (Wildman–Crippen LogP) is 4.05. The lowest BCUT2D eigenvalue weighted by Gasteiger charge is -2.34. The number of nitrogens with one attached hydrogen (secondary N) is 1. The number of carbonyl (C=O) groups is 4. The summed E-state index contributed by atoms with van der Waals surface area (Å²) in [5.41, 5.74) is -1.39. The summed E-state index contributed by atoms with van der Waals surface area (Å²) in [5.74, 6) is -2.41. The minimum absolute atomic E-state index is 0.0179. The van der Waals surface area contributed by atoms with E-state index in [-0.39, 0.29) is 30.2 Å². The zero-order chi connectivity index (χ0) is 32.7. The summed E-state index contributed by atoms with van der Waals surface area (Å²) < 4.78 is 24.8. The molecule has 0 unspecified atom stereocenters. The van der Waals surface area contributed by atoms with Gasteiger partial charge in [-0.1, -0.05) is 54.6 Å². The number of rotatable bonds is 10. The van der Waals surface area contributed by atoms with E-state index in [0.29, 0.717) is 5.56 Å². The van der Waals surface area contributed by atoms with E-state index in [1.165, 1.54) is 19.2 Å². The second-order valence-corrected chi connectivity index (χ2v) is 10.8. The van der Waals surface area contributed by atoms with Crippen molar-refractivity contribution in [3.8, 4) is 0 Å². The number of ether oxygens (including phenoxy) is 4. The van der Waals surface area contributed by atoms with E-state index in [1.54, 1.807) is 97.9 Å². The number of nitrogens with zero attached hydrogens (tertiary/aromatic N) is 2. The summed E-state index contributed by atoms with van der Waals surface area (Å²) in [6.45, 7) is 2.16. The fraction of sp³-hybridized carbons (Fsp3) is 0.235. The highest BCUT2D eigenvalue weighted by Crippen LogP contribution is 2.47. The second kappa shape index (κ2) is 14.0. The number of aromatic nitrogens is 2. The van der Waals surface area contributed by atoms with E-state index in [0.717, 1.165) is 4.57 Å². The van der Waals surface area contributed by atoms with E-state index in [4.69, 9.17) is 18.9 Å². The Morgan fingerprint density at radius 2 is 1.33 bits per heavy atom. The van der Waals surface area contributed by atoms with E-state index in [9.17, 15) is 24.0 Å². The van der Waals surface area contributed by atoms with Crippen LogP contribution in [-0.4, -0.2) is 58.8 Å². The van der Waals surface area contributed by atoms with Gasteiger partial charge in [0.1, 0.15) is 31.2 Å². The van der Waals surface area contributed by atoms with Crippen molar-refractivity contribution in [2.75, 3.05) is 18.5 Å². The molecule has 4 aromatic rings. The summed E-state index contributed by atoms with van der Waals surface area (Å²) in [6, 6.07) is 26.2. The van der Waals surface area contributed by atoms with Crippen molar-refractivity contribution in [1.82, 2.24) is 9.55 Å². The smallest absolute Gasteiger partial charge is 0.351 e. The SMILES string of the molecule is CC(=O)Nc1ccn([C@@H]2O[C@H](COC(=O)c3ccccc3)[C@@H](OC(=O)c3ccccc3)[C@@]2(C)COC(=O)c2ccccc2)c(=O)n1. The van der Waals surface area contributed by atoms with Gasteiger partial charge in [0, 0.05) is 13.1 Å². The zero-order valence-electron chi connectivity index (χ0n) is 25.0. The molecule has 12 nitrogen and oxygen atoms in total. The molecule has 0 saturated carbocycles. The van der Waals surface area contributed by atoms with Crippen LogP contribution in [0.3, 0.4) is 0 Å². The summed E-state index contributed by atoms with van der Waals surface area (Å²) in [4.78, 5) is 68.1. The van der Waals surface area contributed by atoms with Crippen molar-refractivity contribution >= 4 is 29.6 Å². The Balaban J connectivity index is 1.52. The third-order valence-electron chi connectivity index (χ3n) is 7.40. The Labute approximate surface area is 263 Å². The van der Waals surface area contributed by atoms with Crippen LogP contribution in [-0.2, 0) is 23.7 Å². The van der Waals surface area contributed by atoms with Crippen molar-refractivity contribution in [2.45, 2.75) is 32.3 Å². The number of carbonyl (C=O) groups excluding carboxylic acids is 4. The molecule has 0 bridgehead atoms. The third-order valence-corrected chi connectivity index (χ3v) is 7.40. The van der Waals surface area contributed by atoms with Gasteiger partial charge in [-0.15, -0.1) is 0 Å². The quantitative estimate of drug-likeness (QED) is 0.202. The molecule has 236 valence electrons. The molecule has 2 heterocycles. The highest BCUT2D eigenvalue weighted by atomic mass is 16.6. The second-order valence-electron chi connectivity index (χ2n) is 10.8. The Bertz CT molecular complexity index is 1760. The molecule has 12 heteroatoms. The van der Waals surface area contributed by atoms with E-state index < -0.39 is 53.4 Å². The van der Waals surface area contributed by atoms with Crippen LogP contribution >= 0.6 is 0 Å². The molecule has 5 rings (SSSR count). The maximum absolute atomic E-state index is 13.4. The highest BCUT2D eigenvalue weighted by Gasteiger charge is 2.58. The van der Waals surface area contributed by atoms with Gasteiger partial charge in [0.25, 0.3) is 0 Å². The topological polar surface area (TPSA) is 152 Å². The average Bonchev–Trinajstić information content (AvgIpc) is 3.33. The van der Waals surface area contributed by atoms with Crippen LogP contribution in [0.25, 0.3) is 0 Å². The van der Waals surface area contributed by atoms with Gasteiger partial charge in [-0.3, -0.25) is 9.36 Å². The molecule has 0 radical (unpaired) electrons. The highest BCUT2D eigenvalue weighted by molar-refractivity contribution is 5.90. The lowest BCUT2D eigenvalue weighted by Crippen LogP contribution is -2.46. The Hall–Kier alpha value is -5.62. The molecule has 46 heavy (non-hydrogen) atoms. The largest absolute Gasteiger partial charge is 0.461 e. The van der Waals surface area contributed by atoms with Gasteiger partial charge in [-0.2, -0.15) is 4.98 Å². The lowest BCUT2D eigenvalue weighted by molar-refractivity contribution is -0.114. The lowest BCUT2D eigenvalue weighted by atomic mass is 9.82. The van der Waals surface area contributed by atoms with Gasteiger partial charge in [0.05, 0.1) is 22.1 Å². The van der Waals surface area contributed by atoms with E-state index in [1.807, 2.05) is 0 Å². The zero-order valence-corrected chi connectivity index (χ0v) is 25.0. The molecule has 1 N–H and O–H groups in total. The average molecular weight is 626 g/mol. The molecule has 0 spiro atoms. The first-order valence-corrected chi connectivity index (χ1v) is 14.4. The maximum Gasteiger partial charge on any atom is 0.351 e. The Morgan fingerprint density at radius 3 is 1.85 bits per heavy atom. The summed E-state index contributed by atoms with van der Waals surface area (Å²) in [7, 11) is 0. The van der Waals surface area contributed by atoms with E-state index in [2.05, 4.69) is 10.3 Å². The first kappa shape index (κ1) is 31.8. The molecule has 0 aliphatic carbocycles. The number of anilines is 1. The Morgan fingerprint density at radius 1 is 0.804 bits per heavy atom. The number of amides is 1. The normalized spacial score (nSPS) is 20.3. The predicted molar refractivity (Wildman–Crippen MR) is 164 cm³/mol. The maximum atomic E-state index is 13.4. The molecule has 1 aromatic heterocycles. The van der Waals surface area contributed by atoms with Crippen molar-refractivity contribution in [3.63, 3.8) is 0 Å². The fourth-order valence-electron chi connectivity index (χ4n) is 5.12. The van der Waals surface area contributed by atoms with Crippen molar-refractivity contribution in [1.29, 1.82) is 0 Å². The molecular weight excluding hydrogens is 594 g/mol. The molecule has 4 atom stereocenters. The summed E-state index contributed by atoms with van der Waals surface area (Å²) >= 11 is 0. The van der Waals surface area contributed by atoms with Crippen molar-refractivity contribution in [3.05, 3.63) is 130 Å². The van der Waals surface area contributed by atoms with E-state index >= 15 is 0 Å². The molecule has 1 aliphatic rings. The van der Waals surface area contributed by atoms with Gasteiger partial charge < -0.3 is 24.3 Å². The van der Waals surface area contributed by atoms with Crippen LogP contribution in [0.2, 0.25) is 0 Å². The monoisotopic (exact) mass is 625 g/mol. The first-order chi connectivity index (χ1) is 22.2. The first-order valence-electron chi connectivity index (χ1n) is 14.4. The molecule has 1 fully saturated rings. The summed E-state index contributed by atoms with van der Waals surface area (Å²) in [5, 5.41) is 2.45. The summed E-state index contributed by atoms with van der Waals surface area (Å²) in [6.07, 6.45) is -2.17. The standard InChI is InChI=1S/C34H31N3O9/c1-22(38)35-27-18-19-37(33(42)36-27)32-34(2,21-44-30(40)24-14-8-4-9-15-24)28(46-31(41)25-16-10-5-11-17-25)26(45-32)20-43-29(39)23-12-6-3-7-13-23/h3-19,26,28,32H,20-21H2,1-2H3,(H,35,36,38,42)/t26-,28-,32-,34-/m1/s1. The van der Waals surface area contributed by atoms with Gasteiger partial charge in [0.15, 0.2) is 6.23 Å². The number of hydrogen-bond donors (Lipinski definition) is 1. The van der Waals surface area contributed by atoms with Gasteiger partial charge in [0.2, 0.25) is 5.91 Å². The molecule has 3 aromatic carbocycles. The third kappa shape index (κ3) is 7.19. The number of esters is 3. The molecule has 1 aliphatic heterocycles. The van der Waals surface area contributed by atoms with Crippen LogP contribution in [0.4, 0.5) is 5.82 Å². The van der Waals surface area contributed by atoms with Gasteiger partial charge >= 0.3 is 23.6 Å². The minimum atomic E-state index is -1.42. The van der Waals surface area contributed by atoms with Crippen LogP contribution in [0.1, 0.15) is 51.1 Å².